The Morgan fingerprint density at radius 1 is 1.21 bits per heavy atom. The molecule has 1 aliphatic rings. The number of rotatable bonds is 5. The molecule has 7 nitrogen and oxygen atoms in total. The highest BCUT2D eigenvalue weighted by molar-refractivity contribution is 7.98. The molecule has 3 aromatic heterocycles. The van der Waals surface area contributed by atoms with Gasteiger partial charge in [-0.2, -0.15) is 0 Å². The van der Waals surface area contributed by atoms with Gasteiger partial charge in [-0.15, -0.1) is 16.4 Å². The van der Waals surface area contributed by atoms with Gasteiger partial charge in [-0.3, -0.25) is 9.89 Å². The quantitative estimate of drug-likeness (QED) is 0.488. The van der Waals surface area contributed by atoms with E-state index in [-0.39, 0.29) is 5.56 Å². The third-order valence-electron chi connectivity index (χ3n) is 4.79. The zero-order valence-electron chi connectivity index (χ0n) is 15.1. The monoisotopic (exact) mass is 411 g/mol. The average Bonchev–Trinajstić information content (AvgIpc) is 3.42. The summed E-state index contributed by atoms with van der Waals surface area (Å²) in [5.74, 6) is 2.64. The normalized spacial score (nSPS) is 13.2. The van der Waals surface area contributed by atoms with Crippen LogP contribution in [-0.4, -0.2) is 32.3 Å². The standard InChI is InChI=1S/C19H17N5O2S2/c1-26-11-7-5-10(6-8-11)16-22-19(24-23-16)27-9-14-20-17(25)15-12-3-2-4-13(12)28-18(15)21-14/h5-8H,2-4,9H2,1H3,(H,20,21,25)(H,22,23,24). The predicted molar refractivity (Wildman–Crippen MR) is 110 cm³/mol. The molecule has 0 bridgehead atoms. The molecule has 0 saturated heterocycles. The molecule has 0 aliphatic heterocycles. The highest BCUT2D eigenvalue weighted by atomic mass is 32.2. The summed E-state index contributed by atoms with van der Waals surface area (Å²) in [6.45, 7) is 0. The van der Waals surface area contributed by atoms with Gasteiger partial charge in [-0.25, -0.2) is 9.97 Å². The Morgan fingerprint density at radius 3 is 2.89 bits per heavy atom. The molecule has 0 saturated carbocycles. The second-order valence-corrected chi connectivity index (χ2v) is 8.56. The molecule has 9 heteroatoms. The van der Waals surface area contributed by atoms with Crippen LogP contribution in [-0.2, 0) is 18.6 Å². The van der Waals surface area contributed by atoms with Crippen molar-refractivity contribution >= 4 is 33.3 Å². The van der Waals surface area contributed by atoms with Crippen molar-refractivity contribution in [2.75, 3.05) is 7.11 Å². The number of ether oxygens (including phenoxy) is 1. The number of aromatic nitrogens is 5. The zero-order chi connectivity index (χ0) is 19.1. The van der Waals surface area contributed by atoms with Crippen molar-refractivity contribution in [3.8, 4) is 17.1 Å². The van der Waals surface area contributed by atoms with Gasteiger partial charge in [0.2, 0.25) is 5.16 Å². The van der Waals surface area contributed by atoms with Crippen molar-refractivity contribution in [3.63, 3.8) is 0 Å². The summed E-state index contributed by atoms with van der Waals surface area (Å²) >= 11 is 3.09. The predicted octanol–water partition coefficient (Wildman–Crippen LogP) is 3.56. The number of thiophene rings is 1. The largest absolute Gasteiger partial charge is 0.497 e. The molecule has 142 valence electrons. The van der Waals surface area contributed by atoms with E-state index < -0.39 is 0 Å². The minimum atomic E-state index is -0.0334. The number of fused-ring (bicyclic) bond motifs is 3. The number of thioether (sulfide) groups is 1. The van der Waals surface area contributed by atoms with E-state index in [1.807, 2.05) is 24.3 Å². The number of benzene rings is 1. The molecule has 0 atom stereocenters. The average molecular weight is 412 g/mol. The van der Waals surface area contributed by atoms with E-state index in [1.165, 1.54) is 22.2 Å². The molecule has 0 spiro atoms. The van der Waals surface area contributed by atoms with Crippen LogP contribution in [0, 0.1) is 0 Å². The van der Waals surface area contributed by atoms with Crippen molar-refractivity contribution in [1.82, 2.24) is 25.1 Å². The van der Waals surface area contributed by atoms with Gasteiger partial charge in [0.1, 0.15) is 16.4 Å². The molecule has 0 fully saturated rings. The summed E-state index contributed by atoms with van der Waals surface area (Å²) in [5.41, 5.74) is 2.10. The molecule has 3 heterocycles. The Balaban J connectivity index is 1.34. The van der Waals surface area contributed by atoms with E-state index in [2.05, 4.69) is 25.1 Å². The molecular formula is C19H17N5O2S2. The van der Waals surface area contributed by atoms with Crippen LogP contribution in [0.15, 0.2) is 34.2 Å². The van der Waals surface area contributed by atoms with Crippen molar-refractivity contribution in [2.45, 2.75) is 30.2 Å². The van der Waals surface area contributed by atoms with Gasteiger partial charge in [0.25, 0.3) is 5.56 Å². The summed E-state index contributed by atoms with van der Waals surface area (Å²) in [6, 6.07) is 7.62. The second-order valence-electron chi connectivity index (χ2n) is 6.53. The Hall–Kier alpha value is -2.65. The van der Waals surface area contributed by atoms with Crippen LogP contribution in [0.1, 0.15) is 22.7 Å². The van der Waals surface area contributed by atoms with E-state index in [1.54, 1.807) is 18.4 Å². The Bertz CT molecular complexity index is 1210. The Kier molecular flexibility index (Phi) is 4.40. The van der Waals surface area contributed by atoms with Gasteiger partial charge in [-0.1, -0.05) is 11.8 Å². The van der Waals surface area contributed by atoms with Crippen molar-refractivity contribution in [1.29, 1.82) is 0 Å². The molecular weight excluding hydrogens is 394 g/mol. The SMILES string of the molecule is COc1ccc(-c2nc(SCc3nc4sc5c(c4c(=O)[nH]3)CCC5)n[nH]2)cc1. The zero-order valence-corrected chi connectivity index (χ0v) is 16.7. The van der Waals surface area contributed by atoms with Gasteiger partial charge >= 0.3 is 0 Å². The summed E-state index contributed by atoms with van der Waals surface area (Å²) in [7, 11) is 1.64. The first-order valence-corrected chi connectivity index (χ1v) is 10.7. The maximum atomic E-state index is 12.5. The van der Waals surface area contributed by atoms with Crippen LogP contribution >= 0.6 is 23.1 Å². The minimum absolute atomic E-state index is 0.0334. The summed E-state index contributed by atoms with van der Waals surface area (Å²) in [6.07, 6.45) is 3.18. The molecule has 0 amide bonds. The van der Waals surface area contributed by atoms with E-state index in [0.29, 0.717) is 22.6 Å². The van der Waals surface area contributed by atoms with Gasteiger partial charge in [0.15, 0.2) is 5.82 Å². The van der Waals surface area contributed by atoms with Gasteiger partial charge in [0.05, 0.1) is 18.2 Å². The third-order valence-corrected chi connectivity index (χ3v) is 6.83. The van der Waals surface area contributed by atoms with E-state index in [4.69, 9.17) is 4.74 Å². The maximum Gasteiger partial charge on any atom is 0.259 e. The van der Waals surface area contributed by atoms with Gasteiger partial charge in [-0.05, 0) is 49.1 Å². The maximum absolute atomic E-state index is 12.5. The summed E-state index contributed by atoms with van der Waals surface area (Å²) in [5, 5.41) is 8.60. The lowest BCUT2D eigenvalue weighted by Crippen LogP contribution is -2.11. The number of nitrogens with zero attached hydrogens (tertiary/aromatic N) is 3. The Morgan fingerprint density at radius 2 is 2.07 bits per heavy atom. The number of nitrogens with one attached hydrogen (secondary N) is 2. The van der Waals surface area contributed by atoms with Crippen LogP contribution in [0.2, 0.25) is 0 Å². The molecule has 0 unspecified atom stereocenters. The number of aryl methyl sites for hydroxylation is 2. The number of H-pyrrole nitrogens is 2. The Labute approximate surface area is 168 Å². The number of hydrogen-bond donors (Lipinski definition) is 2. The van der Waals surface area contributed by atoms with Crippen molar-refractivity contribution < 1.29 is 4.74 Å². The van der Waals surface area contributed by atoms with Crippen LogP contribution < -0.4 is 10.3 Å². The lowest BCUT2D eigenvalue weighted by atomic mass is 10.2. The number of hydrogen-bond acceptors (Lipinski definition) is 7. The first-order chi connectivity index (χ1) is 13.7. The van der Waals surface area contributed by atoms with Crippen molar-refractivity contribution in [2.24, 2.45) is 0 Å². The van der Waals surface area contributed by atoms with E-state index in [9.17, 15) is 4.79 Å². The van der Waals surface area contributed by atoms with E-state index in [0.717, 1.165) is 40.8 Å². The fraction of sp³-hybridized carbons (Fsp3) is 0.263. The summed E-state index contributed by atoms with van der Waals surface area (Å²) < 4.78 is 5.17. The molecule has 1 aliphatic carbocycles. The van der Waals surface area contributed by atoms with Gasteiger partial charge in [0, 0.05) is 10.4 Å². The minimum Gasteiger partial charge on any atom is -0.497 e. The topological polar surface area (TPSA) is 96.6 Å². The molecule has 28 heavy (non-hydrogen) atoms. The molecule has 0 radical (unpaired) electrons. The molecule has 5 rings (SSSR count). The van der Waals surface area contributed by atoms with E-state index >= 15 is 0 Å². The van der Waals surface area contributed by atoms with Crippen LogP contribution in [0.3, 0.4) is 0 Å². The molecule has 4 aromatic rings. The number of methoxy groups -OCH3 is 1. The smallest absolute Gasteiger partial charge is 0.259 e. The van der Waals surface area contributed by atoms with Crippen LogP contribution in [0.25, 0.3) is 21.6 Å². The fourth-order valence-electron chi connectivity index (χ4n) is 3.44. The fourth-order valence-corrected chi connectivity index (χ4v) is 5.39. The first-order valence-electron chi connectivity index (χ1n) is 8.94. The van der Waals surface area contributed by atoms with Crippen LogP contribution in [0.4, 0.5) is 0 Å². The summed E-state index contributed by atoms with van der Waals surface area (Å²) in [4.78, 5) is 26.8. The molecule has 2 N–H and O–H groups in total. The van der Waals surface area contributed by atoms with Gasteiger partial charge < -0.3 is 9.72 Å². The second kappa shape index (κ2) is 7.06. The third kappa shape index (κ3) is 3.10. The highest BCUT2D eigenvalue weighted by Gasteiger charge is 2.21. The van der Waals surface area contributed by atoms with Crippen LogP contribution in [0.5, 0.6) is 5.75 Å². The lowest BCUT2D eigenvalue weighted by Gasteiger charge is -2.00. The van der Waals surface area contributed by atoms with Crippen molar-refractivity contribution in [3.05, 3.63) is 50.9 Å². The highest BCUT2D eigenvalue weighted by Crippen LogP contribution is 2.34. The number of aromatic amines is 2. The lowest BCUT2D eigenvalue weighted by molar-refractivity contribution is 0.415. The first kappa shape index (κ1) is 17.4. The molecule has 1 aromatic carbocycles.